The Bertz CT molecular complexity index is 856. The summed E-state index contributed by atoms with van der Waals surface area (Å²) < 4.78 is 6.14. The largest absolute Gasteiger partial charge is 0.477 e. The molecule has 5 aliphatic rings. The monoisotopic (exact) mass is 479 g/mol. The third-order valence-corrected chi connectivity index (χ3v) is 12.2. The van der Waals surface area contributed by atoms with Gasteiger partial charge in [-0.05, 0) is 110 Å². The number of nitrogens with zero attached hydrogens (tertiary/aromatic N) is 2. The molecule has 1 saturated heterocycles. The molecule has 0 bridgehead atoms. The Hall–Kier alpha value is -1.13. The van der Waals surface area contributed by atoms with E-state index in [1.807, 2.05) is 24.4 Å². The molecular formula is C31H49N3O. The molecule has 0 amide bonds. The molecule has 4 heteroatoms. The maximum Gasteiger partial charge on any atom is 0.213 e. The molecule has 9 atom stereocenters. The fraction of sp³-hybridized carbons (Fsp3) is 0.839. The Labute approximate surface area is 214 Å². The van der Waals surface area contributed by atoms with E-state index in [1.165, 1.54) is 84.0 Å². The highest BCUT2D eigenvalue weighted by atomic mass is 16.5. The number of piperazine rings is 1. The first-order chi connectivity index (χ1) is 17.0. The van der Waals surface area contributed by atoms with Crippen molar-refractivity contribution in [1.29, 1.82) is 0 Å². The van der Waals surface area contributed by atoms with E-state index in [9.17, 15) is 0 Å². The maximum absolute atomic E-state index is 6.14. The molecule has 1 aromatic rings. The summed E-state index contributed by atoms with van der Waals surface area (Å²) in [5.74, 6) is 6.03. The van der Waals surface area contributed by atoms with Crippen LogP contribution in [0.25, 0.3) is 0 Å². The van der Waals surface area contributed by atoms with E-state index in [1.54, 1.807) is 0 Å². The van der Waals surface area contributed by atoms with Crippen molar-refractivity contribution in [3.05, 3.63) is 24.4 Å². The van der Waals surface area contributed by atoms with Crippen LogP contribution in [-0.4, -0.2) is 48.7 Å². The van der Waals surface area contributed by atoms with Crippen molar-refractivity contribution in [2.45, 2.75) is 84.6 Å². The maximum atomic E-state index is 6.14. The third-order valence-electron chi connectivity index (χ3n) is 12.2. The van der Waals surface area contributed by atoms with Gasteiger partial charge in [0.1, 0.15) is 0 Å². The van der Waals surface area contributed by atoms with Crippen molar-refractivity contribution in [3.63, 3.8) is 0 Å². The first-order valence-electron chi connectivity index (χ1n) is 15.0. The highest BCUT2D eigenvalue weighted by Gasteiger charge is 2.60. The lowest BCUT2D eigenvalue weighted by Gasteiger charge is -2.62. The summed E-state index contributed by atoms with van der Waals surface area (Å²) in [5.41, 5.74) is 1.11. The fourth-order valence-corrected chi connectivity index (χ4v) is 10.4. The second kappa shape index (κ2) is 9.63. The molecule has 0 spiro atoms. The number of fused-ring (bicyclic) bond motifs is 5. The molecule has 4 unspecified atom stereocenters. The molecule has 4 aliphatic carbocycles. The Morgan fingerprint density at radius 2 is 1.80 bits per heavy atom. The highest BCUT2D eigenvalue weighted by Crippen LogP contribution is 2.68. The molecule has 4 nitrogen and oxygen atoms in total. The van der Waals surface area contributed by atoms with Gasteiger partial charge in [0.25, 0.3) is 0 Å². The third kappa shape index (κ3) is 4.25. The van der Waals surface area contributed by atoms with Gasteiger partial charge in [-0.25, -0.2) is 4.98 Å². The van der Waals surface area contributed by atoms with Crippen LogP contribution in [0.15, 0.2) is 24.4 Å². The summed E-state index contributed by atoms with van der Waals surface area (Å²) in [7, 11) is 0. The topological polar surface area (TPSA) is 37.4 Å². The van der Waals surface area contributed by atoms with Gasteiger partial charge >= 0.3 is 0 Å². The van der Waals surface area contributed by atoms with Crippen molar-refractivity contribution >= 4 is 0 Å². The zero-order chi connectivity index (χ0) is 24.0. The Morgan fingerprint density at radius 1 is 1.00 bits per heavy atom. The molecule has 6 rings (SSSR count). The van der Waals surface area contributed by atoms with Gasteiger partial charge in [-0.2, -0.15) is 0 Å². The summed E-state index contributed by atoms with van der Waals surface area (Å²) in [6.07, 6.45) is 15.0. The quantitative estimate of drug-likeness (QED) is 0.560. The fourth-order valence-electron chi connectivity index (χ4n) is 10.4. The average Bonchev–Trinajstić information content (AvgIpc) is 3.25. The number of pyridine rings is 1. The van der Waals surface area contributed by atoms with Crippen LogP contribution in [0.3, 0.4) is 0 Å². The average molecular weight is 480 g/mol. The predicted octanol–water partition coefficient (Wildman–Crippen LogP) is 6.03. The molecule has 5 fully saturated rings. The minimum absolute atomic E-state index is 0.509. The molecule has 1 aromatic heterocycles. The molecule has 0 aromatic carbocycles. The molecule has 4 saturated carbocycles. The molecule has 1 aliphatic heterocycles. The second-order valence-corrected chi connectivity index (χ2v) is 13.6. The summed E-state index contributed by atoms with van der Waals surface area (Å²) in [5, 5.41) is 3.55. The molecule has 35 heavy (non-hydrogen) atoms. The number of aromatic nitrogens is 1. The smallest absolute Gasteiger partial charge is 0.213 e. The number of hydrogen-bond donors (Lipinski definition) is 1. The Balaban J connectivity index is 1.12. The number of ether oxygens (including phenoxy) is 1. The summed E-state index contributed by atoms with van der Waals surface area (Å²) >= 11 is 0. The first-order valence-corrected chi connectivity index (χ1v) is 15.0. The Kier molecular flexibility index (Phi) is 6.67. The SMILES string of the molecule is C[C@H](COc1ccccn1)[C@H]1CCC2C3CCC4C[C@@H](N5CCNCC5)CC[C@]4(C)C3CC[C@@]21C. The van der Waals surface area contributed by atoms with Gasteiger partial charge in [0.05, 0.1) is 6.61 Å². The van der Waals surface area contributed by atoms with Gasteiger partial charge in [-0.1, -0.05) is 26.8 Å². The zero-order valence-electron chi connectivity index (χ0n) is 22.6. The van der Waals surface area contributed by atoms with E-state index >= 15 is 0 Å². The van der Waals surface area contributed by atoms with Crippen molar-refractivity contribution in [2.24, 2.45) is 46.3 Å². The van der Waals surface area contributed by atoms with Crippen LogP contribution in [0, 0.1) is 46.3 Å². The summed E-state index contributed by atoms with van der Waals surface area (Å²) in [4.78, 5) is 7.21. The van der Waals surface area contributed by atoms with Crippen LogP contribution in [0.1, 0.15) is 78.6 Å². The minimum Gasteiger partial charge on any atom is -0.477 e. The van der Waals surface area contributed by atoms with E-state index in [0.29, 0.717) is 16.7 Å². The number of rotatable bonds is 5. The van der Waals surface area contributed by atoms with Gasteiger partial charge in [0, 0.05) is 44.5 Å². The standard InChI is InChI=1S/C31H49N3O/c1-22(21-35-29-6-4-5-15-33-29)26-9-10-27-25-8-7-23-20-24(34-18-16-32-17-19-34)11-13-30(23,2)28(25)12-14-31(26,27)3/h4-6,15,22-28,32H,7-14,16-21H2,1-3H3/t22-,23?,24+,25?,26-,27?,28?,30+,31-/m1/s1. The normalized spacial score (nSPS) is 44.7. The van der Waals surface area contributed by atoms with E-state index in [-0.39, 0.29) is 0 Å². The van der Waals surface area contributed by atoms with Gasteiger partial charge in [-0.3, -0.25) is 4.90 Å². The second-order valence-electron chi connectivity index (χ2n) is 13.6. The van der Waals surface area contributed by atoms with E-state index in [0.717, 1.165) is 48.1 Å². The van der Waals surface area contributed by atoms with Crippen LogP contribution < -0.4 is 10.1 Å². The molecule has 1 N–H and O–H groups in total. The van der Waals surface area contributed by atoms with Crippen LogP contribution in [0.2, 0.25) is 0 Å². The van der Waals surface area contributed by atoms with Crippen molar-refractivity contribution < 1.29 is 4.74 Å². The van der Waals surface area contributed by atoms with Gasteiger partial charge in [0.15, 0.2) is 0 Å². The number of nitrogens with one attached hydrogen (secondary N) is 1. The first kappa shape index (κ1) is 24.2. The Morgan fingerprint density at radius 3 is 2.60 bits per heavy atom. The molecule has 0 radical (unpaired) electrons. The van der Waals surface area contributed by atoms with Gasteiger partial charge < -0.3 is 10.1 Å². The predicted molar refractivity (Wildman–Crippen MR) is 142 cm³/mol. The molecular weight excluding hydrogens is 430 g/mol. The van der Waals surface area contributed by atoms with Crippen molar-refractivity contribution in [2.75, 3.05) is 32.8 Å². The zero-order valence-corrected chi connectivity index (χ0v) is 22.6. The summed E-state index contributed by atoms with van der Waals surface area (Å²) in [6, 6.07) is 6.84. The van der Waals surface area contributed by atoms with Crippen molar-refractivity contribution in [3.8, 4) is 5.88 Å². The highest BCUT2D eigenvalue weighted by molar-refractivity contribution is 5.11. The van der Waals surface area contributed by atoms with E-state index in [2.05, 4.69) is 36.0 Å². The van der Waals surface area contributed by atoms with Crippen LogP contribution in [0.5, 0.6) is 5.88 Å². The molecule has 194 valence electrons. The number of hydrogen-bond acceptors (Lipinski definition) is 4. The van der Waals surface area contributed by atoms with Crippen LogP contribution in [0.4, 0.5) is 0 Å². The lowest BCUT2D eigenvalue weighted by Crippen LogP contribution is -2.57. The van der Waals surface area contributed by atoms with Crippen molar-refractivity contribution in [1.82, 2.24) is 15.2 Å². The van der Waals surface area contributed by atoms with Gasteiger partial charge in [0.2, 0.25) is 5.88 Å². The molecule has 2 heterocycles. The van der Waals surface area contributed by atoms with Gasteiger partial charge in [-0.15, -0.1) is 0 Å². The van der Waals surface area contributed by atoms with Crippen LogP contribution in [-0.2, 0) is 0 Å². The van der Waals surface area contributed by atoms with E-state index in [4.69, 9.17) is 4.74 Å². The lowest BCUT2D eigenvalue weighted by atomic mass is 9.44. The van der Waals surface area contributed by atoms with E-state index < -0.39 is 0 Å². The lowest BCUT2D eigenvalue weighted by molar-refractivity contribution is -0.125. The minimum atomic E-state index is 0.509. The summed E-state index contributed by atoms with van der Waals surface area (Å²) in [6.45, 7) is 13.6. The van der Waals surface area contributed by atoms with Crippen LogP contribution >= 0.6 is 0 Å².